The first kappa shape index (κ1) is 12.9. The minimum absolute atomic E-state index is 0.177. The molecule has 1 aliphatic rings. The molecule has 0 radical (unpaired) electrons. The van der Waals surface area contributed by atoms with Gasteiger partial charge in [0.1, 0.15) is 5.75 Å². The molecular weight excluding hydrogens is 228 g/mol. The van der Waals surface area contributed by atoms with Crippen LogP contribution in [-0.2, 0) is 4.79 Å². The maximum Gasteiger partial charge on any atom is 0.234 e. The number of nitrogens with one attached hydrogen (secondary N) is 1. The topological polar surface area (TPSA) is 41.6 Å². The molecule has 1 aliphatic carbocycles. The van der Waals surface area contributed by atoms with Gasteiger partial charge in [0, 0.05) is 19.3 Å². The number of amides is 1. The Bertz CT molecular complexity index is 424. The van der Waals surface area contributed by atoms with Crippen molar-refractivity contribution in [2.24, 2.45) is 5.41 Å². The second-order valence-electron chi connectivity index (χ2n) is 4.87. The van der Waals surface area contributed by atoms with Crippen LogP contribution >= 0.6 is 0 Å². The van der Waals surface area contributed by atoms with Crippen molar-refractivity contribution in [1.29, 1.82) is 0 Å². The van der Waals surface area contributed by atoms with Crippen molar-refractivity contribution in [2.75, 3.05) is 32.6 Å². The highest BCUT2D eigenvalue weighted by Gasteiger charge is 2.50. The molecule has 0 heterocycles. The summed E-state index contributed by atoms with van der Waals surface area (Å²) < 4.78 is 5.11. The zero-order valence-electron chi connectivity index (χ0n) is 11.2. The van der Waals surface area contributed by atoms with Gasteiger partial charge in [-0.2, -0.15) is 0 Å². The fraction of sp³-hybridized carbons (Fsp3) is 0.500. The number of benzene rings is 1. The molecule has 1 saturated carbocycles. The van der Waals surface area contributed by atoms with E-state index < -0.39 is 0 Å². The van der Waals surface area contributed by atoms with Crippen LogP contribution in [0, 0.1) is 5.41 Å². The highest BCUT2D eigenvalue weighted by Crippen LogP contribution is 2.47. The lowest BCUT2D eigenvalue weighted by Gasteiger charge is -2.23. The van der Waals surface area contributed by atoms with E-state index in [0.717, 1.165) is 30.8 Å². The van der Waals surface area contributed by atoms with Crippen LogP contribution in [0.3, 0.4) is 0 Å². The van der Waals surface area contributed by atoms with Crippen molar-refractivity contribution >= 4 is 11.6 Å². The maximum absolute atomic E-state index is 12.4. The lowest BCUT2D eigenvalue weighted by Crippen LogP contribution is -2.39. The third kappa shape index (κ3) is 2.34. The van der Waals surface area contributed by atoms with Gasteiger partial charge in [-0.15, -0.1) is 0 Å². The fourth-order valence-corrected chi connectivity index (χ4v) is 2.23. The van der Waals surface area contributed by atoms with Gasteiger partial charge in [-0.05, 0) is 44.2 Å². The highest BCUT2D eigenvalue weighted by molar-refractivity contribution is 5.99. The van der Waals surface area contributed by atoms with E-state index in [-0.39, 0.29) is 11.3 Å². The zero-order valence-corrected chi connectivity index (χ0v) is 11.2. The predicted molar refractivity (Wildman–Crippen MR) is 72.0 cm³/mol. The van der Waals surface area contributed by atoms with Crippen LogP contribution in [0.15, 0.2) is 24.3 Å². The quantitative estimate of drug-likeness (QED) is 0.861. The van der Waals surface area contributed by atoms with Gasteiger partial charge < -0.3 is 15.0 Å². The molecule has 2 rings (SSSR count). The van der Waals surface area contributed by atoms with E-state index in [2.05, 4.69) is 5.32 Å². The van der Waals surface area contributed by atoms with E-state index in [4.69, 9.17) is 4.74 Å². The standard InChI is InChI=1S/C14H20N2O2/c1-15-10-14(8-9-14)13(17)16(2)11-4-6-12(18-3)7-5-11/h4-7,15H,8-10H2,1-3H3. The van der Waals surface area contributed by atoms with E-state index in [1.807, 2.05) is 38.4 Å². The third-order valence-corrected chi connectivity index (χ3v) is 3.59. The molecular formula is C14H20N2O2. The second-order valence-corrected chi connectivity index (χ2v) is 4.87. The minimum Gasteiger partial charge on any atom is -0.497 e. The molecule has 0 aromatic heterocycles. The van der Waals surface area contributed by atoms with Crippen LogP contribution in [0.4, 0.5) is 5.69 Å². The first-order chi connectivity index (χ1) is 8.63. The summed E-state index contributed by atoms with van der Waals surface area (Å²) in [5, 5.41) is 3.11. The monoisotopic (exact) mass is 248 g/mol. The maximum atomic E-state index is 12.4. The number of anilines is 1. The second kappa shape index (κ2) is 4.98. The van der Waals surface area contributed by atoms with Gasteiger partial charge in [-0.25, -0.2) is 0 Å². The molecule has 4 nitrogen and oxygen atoms in total. The van der Waals surface area contributed by atoms with Crippen LogP contribution in [-0.4, -0.2) is 33.7 Å². The van der Waals surface area contributed by atoms with Crippen molar-refractivity contribution in [3.05, 3.63) is 24.3 Å². The van der Waals surface area contributed by atoms with E-state index in [9.17, 15) is 4.79 Å². The van der Waals surface area contributed by atoms with E-state index in [1.165, 1.54) is 0 Å². The van der Waals surface area contributed by atoms with Gasteiger partial charge in [0.15, 0.2) is 0 Å². The molecule has 0 spiro atoms. The zero-order chi connectivity index (χ0) is 13.2. The normalized spacial score (nSPS) is 16.2. The van der Waals surface area contributed by atoms with Gasteiger partial charge in [-0.3, -0.25) is 4.79 Å². The van der Waals surface area contributed by atoms with Gasteiger partial charge in [0.2, 0.25) is 5.91 Å². The molecule has 0 unspecified atom stereocenters. The van der Waals surface area contributed by atoms with Crippen molar-refractivity contribution in [3.63, 3.8) is 0 Å². The Balaban J connectivity index is 2.10. The SMILES string of the molecule is CNCC1(C(=O)N(C)c2ccc(OC)cc2)CC1. The highest BCUT2D eigenvalue weighted by atomic mass is 16.5. The molecule has 98 valence electrons. The Morgan fingerprint density at radius 2 is 2.00 bits per heavy atom. The Labute approximate surface area is 108 Å². The average Bonchev–Trinajstić information content (AvgIpc) is 3.18. The molecule has 4 heteroatoms. The largest absolute Gasteiger partial charge is 0.497 e. The lowest BCUT2D eigenvalue weighted by atomic mass is 10.1. The van der Waals surface area contributed by atoms with Crippen molar-refractivity contribution in [2.45, 2.75) is 12.8 Å². The predicted octanol–water partition coefficient (Wildman–Crippen LogP) is 1.66. The molecule has 0 bridgehead atoms. The van der Waals surface area contributed by atoms with E-state index >= 15 is 0 Å². The summed E-state index contributed by atoms with van der Waals surface area (Å²) in [5.74, 6) is 0.998. The Kier molecular flexibility index (Phi) is 3.57. The smallest absolute Gasteiger partial charge is 0.234 e. The fourth-order valence-electron chi connectivity index (χ4n) is 2.23. The van der Waals surface area contributed by atoms with E-state index in [1.54, 1.807) is 12.0 Å². The van der Waals surface area contributed by atoms with Gasteiger partial charge in [-0.1, -0.05) is 0 Å². The number of nitrogens with zero attached hydrogens (tertiary/aromatic N) is 1. The summed E-state index contributed by atoms with van der Waals surface area (Å²) in [7, 11) is 5.36. The van der Waals surface area contributed by atoms with Crippen molar-refractivity contribution < 1.29 is 9.53 Å². The molecule has 1 aromatic carbocycles. The summed E-state index contributed by atoms with van der Waals surface area (Å²) in [5.41, 5.74) is 0.729. The number of hydrogen-bond acceptors (Lipinski definition) is 3. The van der Waals surface area contributed by atoms with Crippen LogP contribution in [0.25, 0.3) is 0 Å². The summed E-state index contributed by atoms with van der Waals surface area (Å²) in [6.45, 7) is 0.756. The van der Waals surface area contributed by atoms with Crippen molar-refractivity contribution in [1.82, 2.24) is 5.32 Å². The Morgan fingerprint density at radius 1 is 1.39 bits per heavy atom. The average molecular weight is 248 g/mol. The Morgan fingerprint density at radius 3 is 2.44 bits per heavy atom. The lowest BCUT2D eigenvalue weighted by molar-refractivity contribution is -0.123. The first-order valence-electron chi connectivity index (χ1n) is 6.20. The molecule has 1 aromatic rings. The summed E-state index contributed by atoms with van der Waals surface area (Å²) >= 11 is 0. The number of ether oxygens (including phenoxy) is 1. The van der Waals surface area contributed by atoms with Gasteiger partial charge >= 0.3 is 0 Å². The molecule has 1 N–H and O–H groups in total. The number of rotatable bonds is 5. The summed E-state index contributed by atoms with van der Waals surface area (Å²) in [6, 6.07) is 7.56. The van der Waals surface area contributed by atoms with Crippen molar-refractivity contribution in [3.8, 4) is 5.75 Å². The first-order valence-corrected chi connectivity index (χ1v) is 6.20. The third-order valence-electron chi connectivity index (χ3n) is 3.59. The van der Waals surface area contributed by atoms with Crippen LogP contribution in [0.1, 0.15) is 12.8 Å². The van der Waals surface area contributed by atoms with Crippen LogP contribution in [0.2, 0.25) is 0 Å². The number of carbonyl (C=O) groups excluding carboxylic acids is 1. The molecule has 0 aliphatic heterocycles. The molecule has 1 fully saturated rings. The number of carbonyl (C=O) groups is 1. The molecule has 1 amide bonds. The number of hydrogen-bond donors (Lipinski definition) is 1. The van der Waals surface area contributed by atoms with Gasteiger partial charge in [0.25, 0.3) is 0 Å². The summed E-state index contributed by atoms with van der Waals surface area (Å²) in [6.07, 6.45) is 1.96. The van der Waals surface area contributed by atoms with Gasteiger partial charge in [0.05, 0.1) is 12.5 Å². The molecule has 0 saturated heterocycles. The van der Waals surface area contributed by atoms with E-state index in [0.29, 0.717) is 0 Å². The minimum atomic E-state index is -0.177. The number of methoxy groups -OCH3 is 1. The molecule has 0 atom stereocenters. The molecule has 18 heavy (non-hydrogen) atoms. The summed E-state index contributed by atoms with van der Waals surface area (Å²) in [4.78, 5) is 14.2. The Hall–Kier alpha value is -1.55. The van der Waals surface area contributed by atoms with Crippen LogP contribution in [0.5, 0.6) is 5.75 Å². The van der Waals surface area contributed by atoms with Crippen LogP contribution < -0.4 is 15.0 Å².